The molecule has 0 saturated carbocycles. The van der Waals surface area contributed by atoms with Crippen LogP contribution in [0.4, 0.5) is 10.1 Å². The second-order valence-electron chi connectivity index (χ2n) is 8.12. The second-order valence-corrected chi connectivity index (χ2v) is 8.52. The van der Waals surface area contributed by atoms with Gasteiger partial charge in [-0.05, 0) is 67.8 Å². The van der Waals surface area contributed by atoms with Gasteiger partial charge in [0.2, 0.25) is 0 Å². The van der Waals surface area contributed by atoms with Crippen LogP contribution in [-0.4, -0.2) is 29.9 Å². The first kappa shape index (κ1) is 21.5. The third-order valence-corrected chi connectivity index (χ3v) is 6.26. The SMILES string of the molecule is Cc1ccc(N(C(=O)c2ccc(F)cc2)C2CCN(Cc3ccccc3Cl)CC2)cc1. The molecule has 0 unspecified atom stereocenters. The molecule has 0 bridgehead atoms. The number of likely N-dealkylation sites (tertiary alicyclic amines) is 1. The topological polar surface area (TPSA) is 23.6 Å². The smallest absolute Gasteiger partial charge is 0.258 e. The van der Waals surface area contributed by atoms with E-state index in [9.17, 15) is 9.18 Å². The Kier molecular flexibility index (Phi) is 6.69. The Morgan fingerprint density at radius 3 is 2.29 bits per heavy atom. The molecule has 1 aliphatic heterocycles. The van der Waals surface area contributed by atoms with Gasteiger partial charge in [0.25, 0.3) is 5.91 Å². The molecule has 4 rings (SSSR count). The maximum atomic E-state index is 13.4. The minimum absolute atomic E-state index is 0.0859. The Morgan fingerprint density at radius 2 is 1.65 bits per heavy atom. The highest BCUT2D eigenvalue weighted by atomic mass is 35.5. The van der Waals surface area contributed by atoms with Crippen LogP contribution in [-0.2, 0) is 6.54 Å². The van der Waals surface area contributed by atoms with Crippen LogP contribution in [0.2, 0.25) is 5.02 Å². The third-order valence-electron chi connectivity index (χ3n) is 5.90. The van der Waals surface area contributed by atoms with Crippen LogP contribution in [0.3, 0.4) is 0 Å². The summed E-state index contributed by atoms with van der Waals surface area (Å²) in [4.78, 5) is 17.7. The number of hydrogen-bond acceptors (Lipinski definition) is 2. The van der Waals surface area contributed by atoms with Crippen LogP contribution in [0, 0.1) is 12.7 Å². The summed E-state index contributed by atoms with van der Waals surface area (Å²) in [6.45, 7) is 4.61. The number of amides is 1. The number of aryl methyl sites for hydroxylation is 1. The van der Waals surface area contributed by atoms with E-state index in [-0.39, 0.29) is 17.8 Å². The van der Waals surface area contributed by atoms with Gasteiger partial charge in [0.1, 0.15) is 5.82 Å². The van der Waals surface area contributed by atoms with Gasteiger partial charge in [0.05, 0.1) is 0 Å². The average molecular weight is 437 g/mol. The summed E-state index contributed by atoms with van der Waals surface area (Å²) in [5.74, 6) is -0.431. The lowest BCUT2D eigenvalue weighted by molar-refractivity contribution is 0.0958. The van der Waals surface area contributed by atoms with Crippen molar-refractivity contribution in [2.75, 3.05) is 18.0 Å². The molecule has 160 valence electrons. The van der Waals surface area contributed by atoms with E-state index in [1.54, 1.807) is 12.1 Å². The van der Waals surface area contributed by atoms with Gasteiger partial charge < -0.3 is 4.90 Å². The van der Waals surface area contributed by atoms with Crippen molar-refractivity contribution in [2.24, 2.45) is 0 Å². The van der Waals surface area contributed by atoms with E-state index in [0.29, 0.717) is 5.56 Å². The van der Waals surface area contributed by atoms with Crippen molar-refractivity contribution >= 4 is 23.2 Å². The zero-order valence-electron chi connectivity index (χ0n) is 17.6. The number of anilines is 1. The van der Waals surface area contributed by atoms with E-state index in [1.807, 2.05) is 54.3 Å². The normalized spacial score (nSPS) is 15.1. The molecule has 1 fully saturated rings. The zero-order chi connectivity index (χ0) is 21.8. The monoisotopic (exact) mass is 436 g/mol. The van der Waals surface area contributed by atoms with Crippen LogP contribution in [0.5, 0.6) is 0 Å². The van der Waals surface area contributed by atoms with E-state index in [1.165, 1.54) is 12.1 Å². The average Bonchev–Trinajstić information content (AvgIpc) is 2.78. The lowest BCUT2D eigenvalue weighted by atomic mass is 10.00. The van der Waals surface area contributed by atoms with Gasteiger partial charge in [-0.25, -0.2) is 4.39 Å². The molecule has 0 aliphatic carbocycles. The predicted molar refractivity (Wildman–Crippen MR) is 124 cm³/mol. The molecule has 0 radical (unpaired) electrons. The number of halogens is 2. The largest absolute Gasteiger partial charge is 0.305 e. The number of piperidine rings is 1. The van der Waals surface area contributed by atoms with Crippen molar-refractivity contribution in [3.63, 3.8) is 0 Å². The van der Waals surface area contributed by atoms with E-state index in [4.69, 9.17) is 11.6 Å². The number of rotatable bonds is 5. The minimum atomic E-state index is -0.341. The van der Waals surface area contributed by atoms with E-state index in [2.05, 4.69) is 11.0 Å². The molecule has 3 nitrogen and oxygen atoms in total. The molecule has 5 heteroatoms. The zero-order valence-corrected chi connectivity index (χ0v) is 18.4. The molecule has 3 aromatic rings. The molecule has 0 N–H and O–H groups in total. The van der Waals surface area contributed by atoms with Crippen molar-refractivity contribution in [1.82, 2.24) is 4.90 Å². The van der Waals surface area contributed by atoms with Gasteiger partial charge in [0, 0.05) is 41.9 Å². The van der Waals surface area contributed by atoms with Crippen LogP contribution in [0.25, 0.3) is 0 Å². The lowest BCUT2D eigenvalue weighted by Gasteiger charge is -2.39. The Morgan fingerprint density at radius 1 is 1.00 bits per heavy atom. The van der Waals surface area contributed by atoms with Crippen LogP contribution in [0.15, 0.2) is 72.8 Å². The summed E-state index contributed by atoms with van der Waals surface area (Å²) in [6, 6.07) is 21.8. The second kappa shape index (κ2) is 9.63. The van der Waals surface area contributed by atoms with Gasteiger partial charge >= 0.3 is 0 Å². The molecule has 0 spiro atoms. The van der Waals surface area contributed by atoms with Crippen molar-refractivity contribution < 1.29 is 9.18 Å². The molecule has 3 aromatic carbocycles. The third kappa shape index (κ3) is 5.15. The first-order chi connectivity index (χ1) is 15.0. The van der Waals surface area contributed by atoms with E-state index < -0.39 is 0 Å². The molecule has 1 amide bonds. The number of carbonyl (C=O) groups is 1. The first-order valence-corrected chi connectivity index (χ1v) is 11.0. The Hall–Kier alpha value is -2.69. The van der Waals surface area contributed by atoms with Crippen molar-refractivity contribution in [1.29, 1.82) is 0 Å². The van der Waals surface area contributed by atoms with Gasteiger partial charge in [0.15, 0.2) is 0 Å². The molecular weight excluding hydrogens is 411 g/mol. The molecule has 0 atom stereocenters. The van der Waals surface area contributed by atoms with Gasteiger partial charge in [-0.1, -0.05) is 47.5 Å². The van der Waals surface area contributed by atoms with Crippen LogP contribution < -0.4 is 4.90 Å². The molecule has 1 aliphatic rings. The predicted octanol–water partition coefficient (Wildman–Crippen LogP) is 6.10. The summed E-state index contributed by atoms with van der Waals surface area (Å²) in [5, 5.41) is 0.789. The molecule has 0 aromatic heterocycles. The summed E-state index contributed by atoms with van der Waals surface area (Å²) in [6.07, 6.45) is 1.73. The summed E-state index contributed by atoms with van der Waals surface area (Å²) in [5.41, 5.74) is 3.65. The van der Waals surface area contributed by atoms with Crippen LogP contribution >= 0.6 is 11.6 Å². The van der Waals surface area contributed by atoms with Crippen molar-refractivity contribution in [3.05, 3.63) is 100 Å². The molecule has 1 saturated heterocycles. The quantitative estimate of drug-likeness (QED) is 0.482. The van der Waals surface area contributed by atoms with E-state index in [0.717, 1.165) is 54.3 Å². The number of nitrogens with zero attached hydrogens (tertiary/aromatic N) is 2. The fourth-order valence-electron chi connectivity index (χ4n) is 4.13. The van der Waals surface area contributed by atoms with Crippen molar-refractivity contribution in [3.8, 4) is 0 Å². The highest BCUT2D eigenvalue weighted by Gasteiger charge is 2.30. The summed E-state index contributed by atoms with van der Waals surface area (Å²) >= 11 is 6.33. The number of hydrogen-bond donors (Lipinski definition) is 0. The number of carbonyl (C=O) groups excluding carboxylic acids is 1. The van der Waals surface area contributed by atoms with Gasteiger partial charge in [-0.3, -0.25) is 9.69 Å². The lowest BCUT2D eigenvalue weighted by Crippen LogP contribution is -2.47. The first-order valence-electron chi connectivity index (χ1n) is 10.6. The molecular formula is C26H26ClFN2O. The summed E-state index contributed by atoms with van der Waals surface area (Å²) in [7, 11) is 0. The fraction of sp³-hybridized carbons (Fsp3) is 0.269. The van der Waals surface area contributed by atoms with Crippen LogP contribution in [0.1, 0.15) is 34.3 Å². The summed E-state index contributed by atoms with van der Waals surface area (Å²) < 4.78 is 13.4. The van der Waals surface area contributed by atoms with Crippen molar-refractivity contribution in [2.45, 2.75) is 32.4 Å². The maximum absolute atomic E-state index is 13.4. The molecule has 31 heavy (non-hydrogen) atoms. The van der Waals surface area contributed by atoms with E-state index >= 15 is 0 Å². The highest BCUT2D eigenvalue weighted by Crippen LogP contribution is 2.28. The minimum Gasteiger partial charge on any atom is -0.305 e. The standard InChI is InChI=1S/C26H26ClFN2O/c1-19-6-12-23(13-7-19)30(26(31)20-8-10-22(28)11-9-20)24-14-16-29(17-15-24)18-21-4-2-3-5-25(21)27/h2-13,24H,14-18H2,1H3. The molecule has 1 heterocycles. The maximum Gasteiger partial charge on any atom is 0.258 e. The fourth-order valence-corrected chi connectivity index (χ4v) is 4.33. The van der Waals surface area contributed by atoms with Gasteiger partial charge in [-0.2, -0.15) is 0 Å². The Balaban J connectivity index is 1.52. The van der Waals surface area contributed by atoms with Gasteiger partial charge in [-0.15, -0.1) is 0 Å². The Labute approximate surface area is 188 Å². The Bertz CT molecular complexity index is 1030. The number of benzene rings is 3. The highest BCUT2D eigenvalue weighted by molar-refractivity contribution is 6.31.